The van der Waals surface area contributed by atoms with E-state index in [1.165, 1.54) is 44.2 Å². The molecular formula is C16H30N2O. The van der Waals surface area contributed by atoms with E-state index in [2.05, 4.69) is 29.9 Å². The molecule has 0 spiro atoms. The van der Waals surface area contributed by atoms with Crippen LogP contribution in [0.2, 0.25) is 0 Å². The lowest BCUT2D eigenvalue weighted by atomic mass is 9.89. The Hall–Kier alpha value is -0.960. The van der Waals surface area contributed by atoms with Crippen LogP contribution in [0.25, 0.3) is 0 Å². The summed E-state index contributed by atoms with van der Waals surface area (Å²) < 4.78 is 0. The number of unbranched alkanes of at least 4 members (excludes halogenated alkanes) is 1. The van der Waals surface area contributed by atoms with Crippen molar-refractivity contribution >= 4 is 0 Å². The second kappa shape index (κ2) is 9.90. The fraction of sp³-hybridized carbons (Fsp3) is 0.750. The Labute approximate surface area is 118 Å². The molecule has 1 rings (SSSR count). The van der Waals surface area contributed by atoms with Crippen molar-refractivity contribution in [2.75, 3.05) is 13.7 Å². The molecule has 0 radical (unpaired) electrons. The lowest BCUT2D eigenvalue weighted by Gasteiger charge is -2.24. The maximum absolute atomic E-state index is 5.05. The van der Waals surface area contributed by atoms with E-state index in [0.29, 0.717) is 0 Å². The Morgan fingerprint density at radius 3 is 2.53 bits per heavy atom. The van der Waals surface area contributed by atoms with E-state index >= 15 is 0 Å². The molecule has 1 aliphatic carbocycles. The predicted octanol–water partition coefficient (Wildman–Crippen LogP) is 3.90. The molecule has 1 fully saturated rings. The maximum Gasteiger partial charge on any atom is 0.0789 e. The largest absolute Gasteiger partial charge is 0.383 e. The fourth-order valence-corrected chi connectivity index (χ4v) is 2.59. The first-order valence-electron chi connectivity index (χ1n) is 7.71. The predicted molar refractivity (Wildman–Crippen MR) is 81.5 cm³/mol. The van der Waals surface area contributed by atoms with Gasteiger partial charge in [0, 0.05) is 6.54 Å². The second-order valence-electron chi connectivity index (χ2n) is 5.30. The van der Waals surface area contributed by atoms with Crippen molar-refractivity contribution < 1.29 is 4.84 Å². The van der Waals surface area contributed by atoms with Gasteiger partial charge in [0.05, 0.1) is 18.5 Å². The van der Waals surface area contributed by atoms with E-state index in [1.54, 1.807) is 7.11 Å². The van der Waals surface area contributed by atoms with Crippen LogP contribution in [0.4, 0.5) is 0 Å². The molecule has 3 nitrogen and oxygen atoms in total. The molecule has 0 aromatic heterocycles. The molecule has 0 aromatic rings. The number of rotatable bonds is 8. The van der Waals surface area contributed by atoms with Crippen LogP contribution >= 0.6 is 0 Å². The minimum absolute atomic E-state index is 0.833. The van der Waals surface area contributed by atoms with Crippen molar-refractivity contribution in [3.63, 3.8) is 0 Å². The molecule has 0 saturated heterocycles. The van der Waals surface area contributed by atoms with Gasteiger partial charge < -0.3 is 5.32 Å². The topological polar surface area (TPSA) is 33.3 Å². The Kier molecular flexibility index (Phi) is 8.39. The first-order valence-corrected chi connectivity index (χ1v) is 7.71. The van der Waals surface area contributed by atoms with Crippen molar-refractivity contribution in [3.8, 4) is 0 Å². The molecule has 0 atom stereocenters. The van der Waals surface area contributed by atoms with Gasteiger partial charge in [0.2, 0.25) is 0 Å². The number of allylic oxidation sites excluding steroid dienone is 2. The van der Waals surface area contributed by atoms with Crippen molar-refractivity contribution in [2.45, 2.75) is 58.8 Å². The van der Waals surface area contributed by atoms with Gasteiger partial charge in [-0.3, -0.25) is 10.3 Å². The van der Waals surface area contributed by atoms with E-state index in [-0.39, 0.29) is 0 Å². The second-order valence-corrected chi connectivity index (χ2v) is 5.30. The van der Waals surface area contributed by atoms with Gasteiger partial charge in [-0.25, -0.2) is 0 Å². The SMILES string of the molecule is C/C=C(NOC)\C(=C\CCC)NCC1CCCCC1. The first-order chi connectivity index (χ1) is 9.31. The van der Waals surface area contributed by atoms with Crippen LogP contribution in [-0.4, -0.2) is 13.7 Å². The van der Waals surface area contributed by atoms with Crippen molar-refractivity contribution in [1.29, 1.82) is 0 Å². The standard InChI is InChI=1S/C16H30N2O/c1-4-6-12-16(15(5-2)18-19-3)17-13-14-10-8-7-9-11-14/h5,12,14,17-18H,4,6-11,13H2,1-3H3/b15-5+,16-12-. The molecule has 0 unspecified atom stereocenters. The maximum atomic E-state index is 5.05. The quantitative estimate of drug-likeness (QED) is 0.516. The molecule has 1 aliphatic rings. The van der Waals surface area contributed by atoms with Gasteiger partial charge in [-0.1, -0.05) is 44.8 Å². The Bertz CT molecular complexity index is 291. The number of hydrogen-bond donors (Lipinski definition) is 2. The highest BCUT2D eigenvalue weighted by Crippen LogP contribution is 2.23. The van der Waals surface area contributed by atoms with Crippen molar-refractivity contribution in [3.05, 3.63) is 23.5 Å². The van der Waals surface area contributed by atoms with Crippen LogP contribution < -0.4 is 10.8 Å². The van der Waals surface area contributed by atoms with E-state index < -0.39 is 0 Å². The molecule has 110 valence electrons. The highest BCUT2D eigenvalue weighted by atomic mass is 16.6. The minimum Gasteiger partial charge on any atom is -0.383 e. The van der Waals surface area contributed by atoms with E-state index in [1.807, 2.05) is 6.92 Å². The van der Waals surface area contributed by atoms with Gasteiger partial charge in [-0.15, -0.1) is 0 Å². The lowest BCUT2D eigenvalue weighted by molar-refractivity contribution is 0.118. The van der Waals surface area contributed by atoms with Gasteiger partial charge in [0.1, 0.15) is 0 Å². The summed E-state index contributed by atoms with van der Waals surface area (Å²) in [5, 5.41) is 3.61. The van der Waals surface area contributed by atoms with Crippen molar-refractivity contribution in [1.82, 2.24) is 10.8 Å². The molecule has 0 heterocycles. The third-order valence-electron chi connectivity index (χ3n) is 3.73. The summed E-state index contributed by atoms with van der Waals surface area (Å²) in [6.45, 7) is 5.32. The van der Waals surface area contributed by atoms with Gasteiger partial charge >= 0.3 is 0 Å². The minimum atomic E-state index is 0.833. The third kappa shape index (κ3) is 6.15. The number of hydrogen-bond acceptors (Lipinski definition) is 3. The van der Waals surface area contributed by atoms with E-state index in [4.69, 9.17) is 4.84 Å². The van der Waals surface area contributed by atoms with Gasteiger partial charge in [0.15, 0.2) is 0 Å². The van der Waals surface area contributed by atoms with Crippen LogP contribution in [0, 0.1) is 5.92 Å². The van der Waals surface area contributed by atoms with Crippen molar-refractivity contribution in [2.24, 2.45) is 5.92 Å². The summed E-state index contributed by atoms with van der Waals surface area (Å²) >= 11 is 0. The summed E-state index contributed by atoms with van der Waals surface area (Å²) in [6.07, 6.45) is 13.5. The molecular weight excluding hydrogens is 236 g/mol. The summed E-state index contributed by atoms with van der Waals surface area (Å²) in [7, 11) is 1.65. The van der Waals surface area contributed by atoms with Crippen LogP contribution in [0.3, 0.4) is 0 Å². The average Bonchev–Trinajstić information content (AvgIpc) is 2.46. The monoisotopic (exact) mass is 266 g/mol. The Balaban J connectivity index is 2.53. The Morgan fingerprint density at radius 2 is 1.95 bits per heavy atom. The van der Waals surface area contributed by atoms with E-state index in [0.717, 1.165) is 24.6 Å². The van der Waals surface area contributed by atoms with Crippen LogP contribution in [0.5, 0.6) is 0 Å². The number of nitrogens with one attached hydrogen (secondary N) is 2. The zero-order valence-corrected chi connectivity index (χ0v) is 12.8. The van der Waals surface area contributed by atoms with Crippen LogP contribution in [0.15, 0.2) is 23.5 Å². The van der Waals surface area contributed by atoms with Crippen LogP contribution in [-0.2, 0) is 4.84 Å². The highest BCUT2D eigenvalue weighted by Gasteiger charge is 2.14. The average molecular weight is 266 g/mol. The molecule has 0 bridgehead atoms. The fourth-order valence-electron chi connectivity index (χ4n) is 2.59. The third-order valence-corrected chi connectivity index (χ3v) is 3.73. The van der Waals surface area contributed by atoms with E-state index in [9.17, 15) is 0 Å². The normalized spacial score (nSPS) is 18.5. The Morgan fingerprint density at radius 1 is 1.21 bits per heavy atom. The zero-order chi connectivity index (χ0) is 13.9. The molecule has 3 heteroatoms. The zero-order valence-electron chi connectivity index (χ0n) is 12.8. The van der Waals surface area contributed by atoms with Gasteiger partial charge in [0.25, 0.3) is 0 Å². The summed E-state index contributed by atoms with van der Waals surface area (Å²) in [6, 6.07) is 0. The first kappa shape index (κ1) is 16.1. The molecule has 0 amide bonds. The molecule has 19 heavy (non-hydrogen) atoms. The number of hydroxylamine groups is 1. The molecule has 0 aliphatic heterocycles. The lowest BCUT2D eigenvalue weighted by Crippen LogP contribution is -2.28. The molecule has 0 aromatic carbocycles. The smallest absolute Gasteiger partial charge is 0.0789 e. The summed E-state index contributed by atoms with van der Waals surface area (Å²) in [5.41, 5.74) is 5.17. The summed E-state index contributed by atoms with van der Waals surface area (Å²) in [5.74, 6) is 0.833. The van der Waals surface area contributed by atoms with Gasteiger partial charge in [-0.05, 0) is 32.1 Å². The highest BCUT2D eigenvalue weighted by molar-refractivity contribution is 5.26. The summed E-state index contributed by atoms with van der Waals surface area (Å²) in [4.78, 5) is 5.05. The molecule has 1 saturated carbocycles. The molecule has 2 N–H and O–H groups in total. The van der Waals surface area contributed by atoms with Gasteiger partial charge in [-0.2, -0.15) is 0 Å². The van der Waals surface area contributed by atoms with Crippen LogP contribution in [0.1, 0.15) is 58.8 Å².